The molecule has 0 spiro atoms. The third-order valence-corrected chi connectivity index (χ3v) is 2.63. The molecule has 3 N–H and O–H groups in total. The molecule has 0 heterocycles. The van der Waals surface area contributed by atoms with Gasteiger partial charge in [-0.1, -0.05) is 31.0 Å². The molecule has 0 fully saturated rings. The number of ether oxygens (including phenoxy) is 1. The first-order valence-electron chi connectivity index (χ1n) is 6.36. The molecule has 0 aromatic heterocycles. The molecule has 0 aliphatic rings. The van der Waals surface area contributed by atoms with E-state index in [1.807, 2.05) is 38.1 Å². The van der Waals surface area contributed by atoms with Gasteiger partial charge in [0, 0.05) is 0 Å². The highest BCUT2D eigenvalue weighted by Crippen LogP contribution is 2.10. The number of hydrogen-bond acceptors (Lipinski definition) is 3. The van der Waals surface area contributed by atoms with Crippen LogP contribution < -0.4 is 15.8 Å². The highest BCUT2D eigenvalue weighted by Gasteiger charge is 2.10. The fourth-order valence-electron chi connectivity index (χ4n) is 1.55. The van der Waals surface area contributed by atoms with Crippen molar-refractivity contribution in [2.24, 2.45) is 5.73 Å². The van der Waals surface area contributed by atoms with E-state index in [1.54, 1.807) is 0 Å². The second-order valence-electron chi connectivity index (χ2n) is 4.35. The van der Waals surface area contributed by atoms with Crippen molar-refractivity contribution in [3.63, 3.8) is 0 Å². The van der Waals surface area contributed by atoms with E-state index < -0.39 is 6.04 Å². The van der Waals surface area contributed by atoms with Gasteiger partial charge in [-0.2, -0.15) is 0 Å². The molecule has 0 bridgehead atoms. The van der Waals surface area contributed by atoms with Gasteiger partial charge in [0.05, 0.1) is 12.6 Å². The molecule has 4 nitrogen and oxygen atoms in total. The fraction of sp³-hybridized carbons (Fsp3) is 0.500. The summed E-state index contributed by atoms with van der Waals surface area (Å²) >= 11 is 0. The number of carbonyl (C=O) groups excluding carboxylic acids is 1. The highest BCUT2D eigenvalue weighted by molar-refractivity contribution is 5.85. The summed E-state index contributed by atoms with van der Waals surface area (Å²) < 4.78 is 5.50. The molecule has 0 aliphatic carbocycles. The van der Waals surface area contributed by atoms with E-state index >= 15 is 0 Å². The summed E-state index contributed by atoms with van der Waals surface area (Å²) in [4.78, 5) is 11.5. The first kappa shape index (κ1) is 17.7. The minimum absolute atomic E-state index is 0. The lowest BCUT2D eigenvalue weighted by atomic mass is 10.2. The molecular weight excluding hydrogens is 264 g/mol. The van der Waals surface area contributed by atoms with Gasteiger partial charge in [0.25, 0.3) is 0 Å². The zero-order chi connectivity index (χ0) is 13.4. The minimum atomic E-state index is -0.408. The first-order valence-corrected chi connectivity index (χ1v) is 6.36. The maximum atomic E-state index is 11.5. The average molecular weight is 287 g/mol. The lowest BCUT2D eigenvalue weighted by Gasteiger charge is -2.11. The Balaban J connectivity index is 0.00000324. The quantitative estimate of drug-likeness (QED) is 0.754. The second-order valence-corrected chi connectivity index (χ2v) is 4.35. The maximum absolute atomic E-state index is 11.5. The van der Waals surface area contributed by atoms with Crippen LogP contribution in [0.25, 0.3) is 0 Å². The summed E-state index contributed by atoms with van der Waals surface area (Å²) in [6.45, 7) is 4.96. The van der Waals surface area contributed by atoms with Gasteiger partial charge in [-0.3, -0.25) is 4.79 Å². The zero-order valence-corrected chi connectivity index (χ0v) is 12.3. The van der Waals surface area contributed by atoms with Gasteiger partial charge in [0.2, 0.25) is 5.91 Å². The van der Waals surface area contributed by atoms with Crippen LogP contribution in [0.5, 0.6) is 5.75 Å². The number of aryl methyl sites for hydroxylation is 1. The van der Waals surface area contributed by atoms with E-state index in [2.05, 4.69) is 5.32 Å². The van der Waals surface area contributed by atoms with Crippen LogP contribution in [0.15, 0.2) is 24.3 Å². The van der Waals surface area contributed by atoms with E-state index in [-0.39, 0.29) is 18.3 Å². The van der Waals surface area contributed by atoms with E-state index in [1.165, 1.54) is 5.56 Å². The summed E-state index contributed by atoms with van der Waals surface area (Å²) in [5.41, 5.74) is 6.88. The Morgan fingerprint density at radius 3 is 2.58 bits per heavy atom. The van der Waals surface area contributed by atoms with E-state index in [0.29, 0.717) is 19.6 Å². The third kappa shape index (κ3) is 7.03. The normalized spacial score (nSPS) is 11.3. The van der Waals surface area contributed by atoms with Crippen LogP contribution in [0.2, 0.25) is 0 Å². The lowest BCUT2D eigenvalue weighted by Crippen LogP contribution is -2.41. The molecule has 108 valence electrons. The van der Waals surface area contributed by atoms with Crippen molar-refractivity contribution in [3.05, 3.63) is 29.8 Å². The molecule has 0 saturated carbocycles. The number of benzene rings is 1. The Hall–Kier alpha value is -1.26. The van der Waals surface area contributed by atoms with Crippen molar-refractivity contribution in [3.8, 4) is 5.75 Å². The Labute approximate surface area is 121 Å². The predicted molar refractivity (Wildman–Crippen MR) is 79.8 cm³/mol. The SMILES string of the molecule is CCCC(N)C(=O)NCCOc1ccc(C)cc1.Cl. The molecule has 0 saturated heterocycles. The van der Waals surface area contributed by atoms with Gasteiger partial charge in [-0.15, -0.1) is 12.4 Å². The van der Waals surface area contributed by atoms with E-state index in [0.717, 1.165) is 12.2 Å². The maximum Gasteiger partial charge on any atom is 0.237 e. The lowest BCUT2D eigenvalue weighted by molar-refractivity contribution is -0.122. The zero-order valence-electron chi connectivity index (χ0n) is 11.5. The van der Waals surface area contributed by atoms with Crippen LogP contribution in [0, 0.1) is 6.92 Å². The van der Waals surface area contributed by atoms with Crippen molar-refractivity contribution in [1.82, 2.24) is 5.32 Å². The summed E-state index contributed by atoms with van der Waals surface area (Å²) in [5.74, 6) is 0.706. The summed E-state index contributed by atoms with van der Waals surface area (Å²) in [6.07, 6.45) is 1.62. The molecule has 0 radical (unpaired) electrons. The predicted octanol–water partition coefficient (Wildman–Crippen LogP) is 2.04. The van der Waals surface area contributed by atoms with Crippen LogP contribution in [-0.4, -0.2) is 25.1 Å². The van der Waals surface area contributed by atoms with Crippen molar-refractivity contribution in [1.29, 1.82) is 0 Å². The van der Waals surface area contributed by atoms with Crippen molar-refractivity contribution in [2.45, 2.75) is 32.7 Å². The fourth-order valence-corrected chi connectivity index (χ4v) is 1.55. The molecular formula is C14H23ClN2O2. The summed E-state index contributed by atoms with van der Waals surface area (Å²) in [7, 11) is 0. The van der Waals surface area contributed by atoms with E-state index in [4.69, 9.17) is 10.5 Å². The van der Waals surface area contributed by atoms with Gasteiger partial charge < -0.3 is 15.8 Å². The van der Waals surface area contributed by atoms with Crippen molar-refractivity contribution >= 4 is 18.3 Å². The molecule has 1 rings (SSSR count). The third-order valence-electron chi connectivity index (χ3n) is 2.63. The second kappa shape index (κ2) is 9.64. The van der Waals surface area contributed by atoms with Crippen LogP contribution in [0.4, 0.5) is 0 Å². The van der Waals surface area contributed by atoms with Crippen LogP contribution >= 0.6 is 12.4 Å². The monoisotopic (exact) mass is 286 g/mol. The highest BCUT2D eigenvalue weighted by atomic mass is 35.5. The van der Waals surface area contributed by atoms with Gasteiger partial charge in [0.15, 0.2) is 0 Å². The van der Waals surface area contributed by atoms with Crippen molar-refractivity contribution in [2.75, 3.05) is 13.2 Å². The molecule has 1 aromatic carbocycles. The average Bonchev–Trinajstić information content (AvgIpc) is 2.36. The van der Waals surface area contributed by atoms with E-state index in [9.17, 15) is 4.79 Å². The first-order chi connectivity index (χ1) is 8.63. The van der Waals surface area contributed by atoms with Crippen LogP contribution in [-0.2, 0) is 4.79 Å². The molecule has 1 atom stereocenters. The molecule has 1 aromatic rings. The Kier molecular flexibility index (Phi) is 9.00. The van der Waals surface area contributed by atoms with Gasteiger partial charge in [-0.05, 0) is 25.5 Å². The molecule has 19 heavy (non-hydrogen) atoms. The Bertz CT molecular complexity index is 368. The number of rotatable bonds is 7. The smallest absolute Gasteiger partial charge is 0.237 e. The standard InChI is InChI=1S/C14H22N2O2.ClH/c1-3-4-13(15)14(17)16-9-10-18-12-7-5-11(2)6-8-12;/h5-8,13H,3-4,9-10,15H2,1-2H3,(H,16,17);1H. The largest absolute Gasteiger partial charge is 0.492 e. The van der Waals surface area contributed by atoms with Gasteiger partial charge in [-0.25, -0.2) is 0 Å². The minimum Gasteiger partial charge on any atom is -0.492 e. The number of halogens is 1. The van der Waals surface area contributed by atoms with Gasteiger partial charge >= 0.3 is 0 Å². The van der Waals surface area contributed by atoms with Crippen LogP contribution in [0.3, 0.4) is 0 Å². The number of amides is 1. The number of carbonyl (C=O) groups is 1. The number of hydrogen-bond donors (Lipinski definition) is 2. The summed E-state index contributed by atoms with van der Waals surface area (Å²) in [5, 5.41) is 2.76. The Morgan fingerprint density at radius 1 is 1.37 bits per heavy atom. The van der Waals surface area contributed by atoms with Gasteiger partial charge in [0.1, 0.15) is 12.4 Å². The number of nitrogens with one attached hydrogen (secondary N) is 1. The Morgan fingerprint density at radius 2 is 2.00 bits per heavy atom. The molecule has 5 heteroatoms. The van der Waals surface area contributed by atoms with Crippen molar-refractivity contribution < 1.29 is 9.53 Å². The van der Waals surface area contributed by atoms with Crippen LogP contribution in [0.1, 0.15) is 25.3 Å². The molecule has 1 unspecified atom stereocenters. The molecule has 0 aliphatic heterocycles. The number of nitrogens with two attached hydrogens (primary N) is 1. The summed E-state index contributed by atoms with van der Waals surface area (Å²) in [6, 6.07) is 7.41. The topological polar surface area (TPSA) is 64.4 Å². The molecule has 1 amide bonds.